The zero-order valence-corrected chi connectivity index (χ0v) is 24.1. The molecule has 0 spiro atoms. The Balaban J connectivity index is 1.55. The number of fused-ring (bicyclic) bond motifs is 1. The molecule has 0 aliphatic carbocycles. The highest BCUT2D eigenvalue weighted by molar-refractivity contribution is 5.90. The molecule has 2 aliphatic heterocycles. The lowest BCUT2D eigenvalue weighted by molar-refractivity contribution is 0.122. The van der Waals surface area contributed by atoms with Crippen molar-refractivity contribution in [3.05, 3.63) is 76.6 Å². The van der Waals surface area contributed by atoms with Gasteiger partial charge < -0.3 is 30.0 Å². The number of hydrogen-bond donors (Lipinski definition) is 2. The Hall–Kier alpha value is -4.97. The summed E-state index contributed by atoms with van der Waals surface area (Å²) >= 11 is 0. The minimum atomic E-state index is -1.05. The molecule has 6 rings (SSSR count). The Morgan fingerprint density at radius 2 is 1.42 bits per heavy atom. The van der Waals surface area contributed by atoms with E-state index in [1.807, 2.05) is 53.4 Å². The minimum Gasteiger partial charge on any atom is -0.497 e. The highest BCUT2D eigenvalue weighted by Gasteiger charge is 2.33. The van der Waals surface area contributed by atoms with Crippen LogP contribution in [-0.2, 0) is 24.0 Å². The van der Waals surface area contributed by atoms with Crippen molar-refractivity contribution in [1.82, 2.24) is 19.9 Å². The molecule has 4 heterocycles. The molecule has 2 aromatic heterocycles. The van der Waals surface area contributed by atoms with Crippen LogP contribution in [0.1, 0.15) is 28.1 Å². The number of nitrogens with zero attached hydrogens (tertiary/aromatic N) is 6. The predicted molar refractivity (Wildman–Crippen MR) is 161 cm³/mol. The van der Waals surface area contributed by atoms with E-state index in [-0.39, 0.29) is 12.5 Å². The molecular formula is C31H33N7O5. The molecule has 12 heteroatoms. The Morgan fingerprint density at radius 3 is 1.93 bits per heavy atom. The van der Waals surface area contributed by atoms with Crippen molar-refractivity contribution in [2.75, 3.05) is 62.6 Å². The third kappa shape index (κ3) is 5.86. The fraction of sp³-hybridized carbons (Fsp3) is 0.323. The van der Waals surface area contributed by atoms with Gasteiger partial charge in [0.25, 0.3) is 0 Å². The fourth-order valence-electron chi connectivity index (χ4n) is 5.52. The average Bonchev–Trinajstić information content (AvgIpc) is 3.47. The van der Waals surface area contributed by atoms with Crippen LogP contribution < -0.4 is 25.0 Å². The van der Waals surface area contributed by atoms with Gasteiger partial charge in [0.1, 0.15) is 17.3 Å². The normalized spacial score (nSPS) is 14.5. The van der Waals surface area contributed by atoms with E-state index in [0.29, 0.717) is 74.4 Å². The van der Waals surface area contributed by atoms with Crippen LogP contribution in [0.5, 0.6) is 11.5 Å². The number of morpholine rings is 1. The van der Waals surface area contributed by atoms with Crippen LogP contribution >= 0.6 is 0 Å². The quantitative estimate of drug-likeness (QED) is 0.313. The number of aromatic nitrogens is 4. The summed E-state index contributed by atoms with van der Waals surface area (Å²) < 4.78 is 16.2. The SMILES string of the molecule is COc1ccc(Cc2nc(N)nc(Cc3ccc(OC)cc3)c2-c2nc(N3CCOCC3)nc3c2CCN3C(=O)O)cc1. The van der Waals surface area contributed by atoms with Crippen LogP contribution in [0.2, 0.25) is 0 Å². The first-order chi connectivity index (χ1) is 20.9. The minimum absolute atomic E-state index is 0.155. The maximum Gasteiger partial charge on any atom is 0.413 e. The van der Waals surface area contributed by atoms with Crippen LogP contribution in [-0.4, -0.2) is 78.2 Å². The first-order valence-electron chi connectivity index (χ1n) is 14.1. The van der Waals surface area contributed by atoms with Crippen molar-refractivity contribution < 1.29 is 24.1 Å². The largest absolute Gasteiger partial charge is 0.497 e. The highest BCUT2D eigenvalue weighted by atomic mass is 16.5. The summed E-state index contributed by atoms with van der Waals surface area (Å²) in [5.41, 5.74) is 11.8. The summed E-state index contributed by atoms with van der Waals surface area (Å²) in [4.78, 5) is 34.9. The lowest BCUT2D eigenvalue weighted by Crippen LogP contribution is -2.38. The zero-order chi connectivity index (χ0) is 29.9. The van der Waals surface area contributed by atoms with Crippen LogP contribution in [0.25, 0.3) is 11.3 Å². The molecule has 1 saturated heterocycles. The van der Waals surface area contributed by atoms with Gasteiger partial charge in [-0.25, -0.2) is 19.7 Å². The van der Waals surface area contributed by atoms with Crippen LogP contribution in [0.15, 0.2) is 48.5 Å². The Labute approximate surface area is 249 Å². The molecule has 3 N–H and O–H groups in total. The van der Waals surface area contributed by atoms with Crippen molar-refractivity contribution >= 4 is 23.8 Å². The van der Waals surface area contributed by atoms with Crippen molar-refractivity contribution in [1.29, 1.82) is 0 Å². The van der Waals surface area contributed by atoms with Gasteiger partial charge in [-0.15, -0.1) is 0 Å². The fourth-order valence-corrected chi connectivity index (χ4v) is 5.52. The average molecular weight is 584 g/mol. The van der Waals surface area contributed by atoms with Crippen molar-refractivity contribution in [3.63, 3.8) is 0 Å². The Bertz CT molecular complexity index is 1550. The second-order valence-electron chi connectivity index (χ2n) is 10.4. The number of amides is 1. The number of hydrogen-bond acceptors (Lipinski definition) is 10. The van der Waals surface area contributed by atoms with Gasteiger partial charge in [-0.05, 0) is 41.8 Å². The maximum atomic E-state index is 12.2. The monoisotopic (exact) mass is 583 g/mol. The van der Waals surface area contributed by atoms with Gasteiger partial charge in [0, 0.05) is 43.6 Å². The zero-order valence-electron chi connectivity index (χ0n) is 24.1. The third-order valence-electron chi connectivity index (χ3n) is 7.71. The van der Waals surface area contributed by atoms with Gasteiger partial charge in [-0.2, -0.15) is 4.98 Å². The van der Waals surface area contributed by atoms with E-state index in [1.54, 1.807) is 14.2 Å². The van der Waals surface area contributed by atoms with E-state index in [9.17, 15) is 9.90 Å². The Morgan fingerprint density at radius 1 is 0.860 bits per heavy atom. The van der Waals surface area contributed by atoms with Gasteiger partial charge in [-0.3, -0.25) is 4.90 Å². The van der Waals surface area contributed by atoms with E-state index in [2.05, 4.69) is 0 Å². The smallest absolute Gasteiger partial charge is 0.413 e. The second kappa shape index (κ2) is 12.1. The molecule has 2 aromatic carbocycles. The van der Waals surface area contributed by atoms with Gasteiger partial charge in [0.2, 0.25) is 11.9 Å². The van der Waals surface area contributed by atoms with E-state index in [1.165, 1.54) is 4.90 Å². The first kappa shape index (κ1) is 28.2. The maximum absolute atomic E-state index is 12.2. The molecule has 0 atom stereocenters. The molecule has 0 unspecified atom stereocenters. The lowest BCUT2D eigenvalue weighted by Gasteiger charge is -2.28. The predicted octanol–water partition coefficient (Wildman–Crippen LogP) is 3.59. The summed E-state index contributed by atoms with van der Waals surface area (Å²) in [7, 11) is 3.26. The summed E-state index contributed by atoms with van der Waals surface area (Å²) in [5.74, 6) is 2.50. The number of ether oxygens (including phenoxy) is 3. The number of methoxy groups -OCH3 is 2. The van der Waals surface area contributed by atoms with Gasteiger partial charge in [0.05, 0.1) is 44.5 Å². The molecule has 0 saturated carbocycles. The summed E-state index contributed by atoms with van der Waals surface area (Å²) in [6.45, 7) is 2.56. The molecule has 1 fully saturated rings. The highest BCUT2D eigenvalue weighted by Crippen LogP contribution is 2.39. The van der Waals surface area contributed by atoms with Crippen molar-refractivity contribution in [2.45, 2.75) is 19.3 Å². The van der Waals surface area contributed by atoms with Crippen molar-refractivity contribution in [3.8, 4) is 22.8 Å². The molecular weight excluding hydrogens is 550 g/mol. The van der Waals surface area contributed by atoms with E-state index < -0.39 is 6.09 Å². The number of carboxylic acid groups (broad SMARTS) is 1. The molecule has 0 radical (unpaired) electrons. The molecule has 2 aliphatic rings. The molecule has 222 valence electrons. The number of nitrogen functional groups attached to an aromatic ring is 1. The number of rotatable bonds is 8. The van der Waals surface area contributed by atoms with Crippen molar-refractivity contribution in [2.24, 2.45) is 0 Å². The topological polar surface area (TPSA) is 149 Å². The molecule has 1 amide bonds. The summed E-state index contributed by atoms with van der Waals surface area (Å²) in [5, 5.41) is 10.0. The Kier molecular flexibility index (Phi) is 7.93. The van der Waals surface area contributed by atoms with E-state index in [4.69, 9.17) is 39.9 Å². The lowest BCUT2D eigenvalue weighted by atomic mass is 9.95. The number of benzene rings is 2. The second-order valence-corrected chi connectivity index (χ2v) is 10.4. The number of anilines is 3. The van der Waals surface area contributed by atoms with Crippen LogP contribution in [0, 0.1) is 0 Å². The molecule has 4 aromatic rings. The molecule has 0 bridgehead atoms. The van der Waals surface area contributed by atoms with E-state index in [0.717, 1.165) is 33.8 Å². The van der Waals surface area contributed by atoms with Crippen LogP contribution in [0.4, 0.5) is 22.5 Å². The first-order valence-corrected chi connectivity index (χ1v) is 14.1. The van der Waals surface area contributed by atoms with Gasteiger partial charge >= 0.3 is 6.09 Å². The summed E-state index contributed by atoms with van der Waals surface area (Å²) in [6, 6.07) is 15.6. The summed E-state index contributed by atoms with van der Waals surface area (Å²) in [6.07, 6.45) is 0.322. The molecule has 43 heavy (non-hydrogen) atoms. The number of nitrogens with two attached hydrogens (primary N) is 1. The third-order valence-corrected chi connectivity index (χ3v) is 7.71. The number of carbonyl (C=O) groups is 1. The van der Waals surface area contributed by atoms with E-state index >= 15 is 0 Å². The van der Waals surface area contributed by atoms with Gasteiger partial charge in [-0.1, -0.05) is 24.3 Å². The molecule has 12 nitrogen and oxygen atoms in total. The standard InChI is InChI=1S/C31H33N7O5/c1-41-21-7-3-19(4-8-21)17-24-26(25(34-29(32)33-24)18-20-5-9-22(42-2)10-6-20)27-23-11-12-38(31(39)40)28(23)36-30(35-27)37-13-15-43-16-14-37/h3-10H,11-18H2,1-2H3,(H,39,40)(H2,32,33,34). The van der Waals surface area contributed by atoms with Gasteiger partial charge in [0.15, 0.2) is 0 Å². The van der Waals surface area contributed by atoms with Crippen LogP contribution in [0.3, 0.4) is 0 Å².